The summed E-state index contributed by atoms with van der Waals surface area (Å²) >= 11 is 0. The molecule has 0 amide bonds. The van der Waals surface area contributed by atoms with Gasteiger partial charge in [-0.25, -0.2) is 4.98 Å². The third-order valence-electron chi connectivity index (χ3n) is 3.49. The largest absolute Gasteiger partial charge is 0.216 e. The fourth-order valence-electron chi connectivity index (χ4n) is 2.37. The molecule has 6 heteroatoms. The summed E-state index contributed by atoms with van der Waals surface area (Å²) in [6, 6.07) is 2.28. The normalized spacial score (nSPS) is 10.6. The number of hydrogen-bond acceptors (Lipinski definition) is 5. The predicted molar refractivity (Wildman–Crippen MR) is 79.2 cm³/mol. The molecule has 0 aliphatic heterocycles. The van der Waals surface area contributed by atoms with Gasteiger partial charge >= 0.3 is 0 Å². The van der Waals surface area contributed by atoms with E-state index in [2.05, 4.69) is 26.3 Å². The molecule has 2 rings (SSSR count). The minimum Gasteiger partial charge on any atom is -0.216 e. The second-order valence-corrected chi connectivity index (χ2v) is 4.71. The highest BCUT2D eigenvalue weighted by atomic mass is 15.4. The smallest absolute Gasteiger partial charge is 0.195 e. The van der Waals surface area contributed by atoms with E-state index in [-0.39, 0.29) is 0 Å². The molecule has 2 aromatic rings. The Balaban J connectivity index is 2.70. The third-order valence-corrected chi connectivity index (χ3v) is 3.49. The maximum absolute atomic E-state index is 9.56. The van der Waals surface area contributed by atoms with Crippen LogP contribution in [0.25, 0.3) is 5.82 Å². The average molecular weight is 284 g/mol. The van der Waals surface area contributed by atoms with E-state index in [1.807, 2.05) is 27.7 Å². The summed E-state index contributed by atoms with van der Waals surface area (Å²) in [7, 11) is 0. The average Bonchev–Trinajstić information content (AvgIpc) is 2.96. The van der Waals surface area contributed by atoms with Crippen LogP contribution < -0.4 is 0 Å². The molecule has 0 unspecified atom stereocenters. The van der Waals surface area contributed by atoms with Crippen molar-refractivity contribution in [1.29, 1.82) is 5.26 Å². The van der Waals surface area contributed by atoms with Crippen LogP contribution in [0.2, 0.25) is 0 Å². The third kappa shape index (κ3) is 2.64. The number of nitrogens with zero attached hydrogens (tertiary/aromatic N) is 6. The zero-order valence-corrected chi connectivity index (χ0v) is 13.0. The van der Waals surface area contributed by atoms with Crippen LogP contribution in [0.4, 0.5) is 0 Å². The Hall–Kier alpha value is -2.29. The number of aromatic nitrogens is 5. The van der Waals surface area contributed by atoms with E-state index in [4.69, 9.17) is 0 Å². The lowest BCUT2D eigenvalue weighted by molar-refractivity contribution is 0.732. The molecule has 0 saturated carbocycles. The van der Waals surface area contributed by atoms with E-state index in [0.29, 0.717) is 11.4 Å². The molecule has 0 aliphatic carbocycles. The first-order valence-electron chi connectivity index (χ1n) is 7.43. The summed E-state index contributed by atoms with van der Waals surface area (Å²) in [4.78, 5) is 4.47. The van der Waals surface area contributed by atoms with Gasteiger partial charge in [0.25, 0.3) is 0 Å². The van der Waals surface area contributed by atoms with Gasteiger partial charge in [0.15, 0.2) is 11.6 Å². The van der Waals surface area contributed by atoms with Crippen LogP contribution in [0.3, 0.4) is 0 Å². The van der Waals surface area contributed by atoms with Gasteiger partial charge in [0.1, 0.15) is 17.5 Å². The van der Waals surface area contributed by atoms with E-state index in [1.165, 1.54) is 0 Å². The Kier molecular flexibility index (Phi) is 4.63. The van der Waals surface area contributed by atoms with Crippen LogP contribution in [0.15, 0.2) is 0 Å². The van der Waals surface area contributed by atoms with Gasteiger partial charge in [0, 0.05) is 12.8 Å². The summed E-state index contributed by atoms with van der Waals surface area (Å²) < 4.78 is 1.67. The van der Waals surface area contributed by atoms with Crippen LogP contribution >= 0.6 is 0 Å². The van der Waals surface area contributed by atoms with Gasteiger partial charge in [-0.05, 0) is 18.4 Å². The number of hydrogen-bond donors (Lipinski definition) is 0. The molecule has 2 aromatic heterocycles. The van der Waals surface area contributed by atoms with Crippen LogP contribution in [0.1, 0.15) is 56.2 Å². The Bertz CT molecular complexity index is 680. The quantitative estimate of drug-likeness (QED) is 0.840. The highest BCUT2D eigenvalue weighted by Crippen LogP contribution is 2.20. The van der Waals surface area contributed by atoms with Crippen molar-refractivity contribution in [3.8, 4) is 11.9 Å². The lowest BCUT2D eigenvalue weighted by Gasteiger charge is -2.11. The van der Waals surface area contributed by atoms with E-state index < -0.39 is 0 Å². The minimum atomic E-state index is 0.496. The van der Waals surface area contributed by atoms with E-state index >= 15 is 0 Å². The van der Waals surface area contributed by atoms with Gasteiger partial charge in [0.05, 0.1) is 5.69 Å². The Morgan fingerprint density at radius 3 is 2.29 bits per heavy atom. The van der Waals surface area contributed by atoms with Crippen molar-refractivity contribution in [3.05, 3.63) is 28.5 Å². The summed E-state index contributed by atoms with van der Waals surface area (Å²) in [5, 5.41) is 22.5. The number of rotatable bonds is 5. The minimum absolute atomic E-state index is 0.496. The highest BCUT2D eigenvalue weighted by Gasteiger charge is 2.19. The summed E-state index contributed by atoms with van der Waals surface area (Å²) in [6.07, 6.45) is 3.01. The van der Waals surface area contributed by atoms with Gasteiger partial charge in [-0.15, -0.1) is 10.2 Å². The number of aryl methyl sites for hydroxylation is 3. The van der Waals surface area contributed by atoms with Crippen molar-refractivity contribution < 1.29 is 0 Å². The summed E-state index contributed by atoms with van der Waals surface area (Å²) in [6.45, 7) is 8.07. The molecule has 0 N–H and O–H groups in total. The fourth-order valence-corrected chi connectivity index (χ4v) is 2.37. The van der Waals surface area contributed by atoms with Crippen molar-refractivity contribution in [1.82, 2.24) is 25.0 Å². The predicted octanol–water partition coefficient (Wildman–Crippen LogP) is 2.18. The van der Waals surface area contributed by atoms with Gasteiger partial charge in [-0.3, -0.25) is 0 Å². The molecule has 0 aromatic carbocycles. The Labute approximate surface area is 124 Å². The van der Waals surface area contributed by atoms with Crippen LogP contribution in [0.5, 0.6) is 0 Å². The molecule has 21 heavy (non-hydrogen) atoms. The molecule has 6 nitrogen and oxygen atoms in total. The Morgan fingerprint density at radius 2 is 1.76 bits per heavy atom. The maximum atomic E-state index is 9.56. The molecule has 0 atom stereocenters. The fraction of sp³-hybridized carbons (Fsp3) is 0.533. The monoisotopic (exact) mass is 284 g/mol. The molecule has 0 radical (unpaired) electrons. The van der Waals surface area contributed by atoms with Crippen molar-refractivity contribution in [2.24, 2.45) is 0 Å². The van der Waals surface area contributed by atoms with Crippen molar-refractivity contribution in [2.45, 2.75) is 53.4 Å². The first-order valence-corrected chi connectivity index (χ1v) is 7.43. The molecular formula is C15H20N6. The van der Waals surface area contributed by atoms with Crippen LogP contribution in [-0.2, 0) is 25.7 Å². The zero-order chi connectivity index (χ0) is 15.4. The molecular weight excluding hydrogens is 264 g/mol. The standard InChI is InChI=1S/C15H20N6/c1-5-10-11(9-16)15(19-18-12(10)6-2)21-14(8-4)17-13(7-3)20-21/h5-8H2,1-4H3. The second-order valence-electron chi connectivity index (χ2n) is 4.71. The van der Waals surface area contributed by atoms with Gasteiger partial charge in [-0.2, -0.15) is 15.0 Å². The molecule has 110 valence electrons. The first-order chi connectivity index (χ1) is 10.2. The Morgan fingerprint density at radius 1 is 1.00 bits per heavy atom. The number of nitriles is 1. The molecule has 0 fully saturated rings. The van der Waals surface area contributed by atoms with E-state index in [1.54, 1.807) is 4.68 Å². The lowest BCUT2D eigenvalue weighted by atomic mass is 10.0. The molecule has 0 aliphatic rings. The lowest BCUT2D eigenvalue weighted by Crippen LogP contribution is -2.12. The maximum Gasteiger partial charge on any atom is 0.195 e. The van der Waals surface area contributed by atoms with Gasteiger partial charge < -0.3 is 0 Å². The second kappa shape index (κ2) is 6.44. The van der Waals surface area contributed by atoms with Gasteiger partial charge in [0.2, 0.25) is 0 Å². The summed E-state index contributed by atoms with van der Waals surface area (Å²) in [5.41, 5.74) is 2.40. The van der Waals surface area contributed by atoms with E-state index in [9.17, 15) is 5.26 Å². The molecule has 0 bridgehead atoms. The van der Waals surface area contributed by atoms with Crippen LogP contribution in [0, 0.1) is 11.3 Å². The van der Waals surface area contributed by atoms with Crippen molar-refractivity contribution >= 4 is 0 Å². The molecule has 0 saturated heterocycles. The molecule has 0 spiro atoms. The first kappa shape index (κ1) is 15.1. The molecule has 2 heterocycles. The zero-order valence-electron chi connectivity index (χ0n) is 13.0. The summed E-state index contributed by atoms with van der Waals surface area (Å²) in [5.74, 6) is 2.06. The topological polar surface area (TPSA) is 80.3 Å². The van der Waals surface area contributed by atoms with Crippen molar-refractivity contribution in [3.63, 3.8) is 0 Å². The SMILES string of the molecule is CCc1nc(CC)n(-c2nnc(CC)c(CC)c2C#N)n1. The van der Waals surface area contributed by atoms with Crippen molar-refractivity contribution in [2.75, 3.05) is 0 Å². The van der Waals surface area contributed by atoms with Gasteiger partial charge in [-0.1, -0.05) is 27.7 Å². The van der Waals surface area contributed by atoms with E-state index in [0.717, 1.165) is 48.6 Å². The highest BCUT2D eigenvalue weighted by molar-refractivity contribution is 5.50. The van der Waals surface area contributed by atoms with Crippen LogP contribution in [-0.4, -0.2) is 25.0 Å².